The molecule has 0 bridgehead atoms. The molecule has 0 spiro atoms. The lowest BCUT2D eigenvalue weighted by Gasteiger charge is -2.41. The van der Waals surface area contributed by atoms with Crippen LogP contribution in [0.2, 0.25) is 0 Å². The average molecular weight is 801 g/mol. The molecule has 0 unspecified atom stereocenters. The van der Waals surface area contributed by atoms with Gasteiger partial charge in [-0.15, -0.1) is 0 Å². The Morgan fingerprint density at radius 2 is 1.51 bits per heavy atom. The number of methoxy groups -OCH3 is 2. The first kappa shape index (κ1) is 50.0. The highest BCUT2D eigenvalue weighted by molar-refractivity contribution is 5.90. The zero-order valence-electron chi connectivity index (χ0n) is 37.3. The molecule has 0 aromatic heterocycles. The van der Waals surface area contributed by atoms with Crippen molar-refractivity contribution in [3.8, 4) is 0 Å². The summed E-state index contributed by atoms with van der Waals surface area (Å²) in [7, 11) is 8.68. The first-order chi connectivity index (χ1) is 26.8. The molecule has 1 saturated heterocycles. The molecule has 0 radical (unpaired) electrons. The number of aliphatic hydroxyl groups is 1. The number of ketones is 2. The van der Waals surface area contributed by atoms with Crippen molar-refractivity contribution in [2.75, 3.05) is 48.5 Å². The van der Waals surface area contributed by atoms with E-state index in [2.05, 4.69) is 19.2 Å². The number of hydrogen-bond acceptors (Lipinski definition) is 9. The normalized spacial score (nSPS) is 19.4. The SMILES string of the molecule is CC[C@H](C)[C@@H]([C@@H](CC(=O)N1CCC[C@H]1[C@H](OC)[C@@H](C)C(=O)C[C@@H](Cc1ccccc1)C(=O)NC[C@@H](C)O)OC)N(C)C(=O)[C@@H](CC(=O)[C@H](C(C)C)N(C)C)C(C)C. The molecule has 1 aromatic carbocycles. The van der Waals surface area contributed by atoms with Crippen molar-refractivity contribution in [3.63, 3.8) is 0 Å². The van der Waals surface area contributed by atoms with Crippen molar-refractivity contribution in [2.24, 2.45) is 35.5 Å². The molecule has 12 nitrogen and oxygen atoms in total. The minimum Gasteiger partial charge on any atom is -0.392 e. The van der Waals surface area contributed by atoms with Gasteiger partial charge in [0.1, 0.15) is 5.78 Å². The Bertz CT molecular complexity index is 1410. The summed E-state index contributed by atoms with van der Waals surface area (Å²) < 4.78 is 12.1. The number of Topliss-reactive ketones (excluding diaryl/α,β-unsaturated/α-hetero) is 2. The van der Waals surface area contributed by atoms with Crippen molar-refractivity contribution in [1.82, 2.24) is 20.0 Å². The summed E-state index contributed by atoms with van der Waals surface area (Å²) in [6.07, 6.45) is 0.734. The van der Waals surface area contributed by atoms with E-state index < -0.39 is 42.1 Å². The third-order valence-electron chi connectivity index (χ3n) is 12.1. The number of amides is 3. The molecule has 2 N–H and O–H groups in total. The third-order valence-corrected chi connectivity index (χ3v) is 12.1. The van der Waals surface area contributed by atoms with Crippen molar-refractivity contribution in [3.05, 3.63) is 35.9 Å². The summed E-state index contributed by atoms with van der Waals surface area (Å²) >= 11 is 0. The molecule has 324 valence electrons. The first-order valence-electron chi connectivity index (χ1n) is 21.1. The van der Waals surface area contributed by atoms with Gasteiger partial charge in [-0.1, -0.05) is 85.2 Å². The molecule has 0 saturated carbocycles. The van der Waals surface area contributed by atoms with E-state index in [0.29, 0.717) is 19.4 Å². The molecular formula is C45H76N4O8. The van der Waals surface area contributed by atoms with Crippen LogP contribution in [0.1, 0.15) is 99.5 Å². The average Bonchev–Trinajstić information content (AvgIpc) is 3.64. The molecule has 57 heavy (non-hydrogen) atoms. The number of likely N-dealkylation sites (tertiary alicyclic amines) is 1. The van der Waals surface area contributed by atoms with Gasteiger partial charge in [-0.25, -0.2) is 0 Å². The number of nitrogens with one attached hydrogen (secondary N) is 1. The van der Waals surface area contributed by atoms with Gasteiger partial charge < -0.3 is 29.7 Å². The van der Waals surface area contributed by atoms with E-state index in [-0.39, 0.29) is 84.9 Å². The Morgan fingerprint density at radius 3 is 2.02 bits per heavy atom. The Morgan fingerprint density at radius 1 is 0.877 bits per heavy atom. The van der Waals surface area contributed by atoms with Crippen LogP contribution in [0, 0.1) is 35.5 Å². The van der Waals surface area contributed by atoms with Crippen molar-refractivity contribution in [1.29, 1.82) is 0 Å². The van der Waals surface area contributed by atoms with Crippen LogP contribution in [0.4, 0.5) is 0 Å². The van der Waals surface area contributed by atoms with Gasteiger partial charge in [0.15, 0.2) is 5.78 Å². The second-order valence-corrected chi connectivity index (χ2v) is 17.4. The molecule has 12 heteroatoms. The van der Waals surface area contributed by atoms with Crippen LogP contribution in [-0.4, -0.2) is 134 Å². The topological polar surface area (TPSA) is 146 Å². The fourth-order valence-corrected chi connectivity index (χ4v) is 8.78. The molecule has 1 aliphatic heterocycles. The fraction of sp³-hybridized carbons (Fsp3) is 0.756. The minimum atomic E-state index is -0.720. The number of carbonyl (C=O) groups excluding carboxylic acids is 5. The van der Waals surface area contributed by atoms with E-state index in [0.717, 1.165) is 18.4 Å². The highest BCUT2D eigenvalue weighted by atomic mass is 16.5. The van der Waals surface area contributed by atoms with Gasteiger partial charge >= 0.3 is 0 Å². The van der Waals surface area contributed by atoms with Crippen LogP contribution in [0.25, 0.3) is 0 Å². The van der Waals surface area contributed by atoms with E-state index >= 15 is 0 Å². The predicted molar refractivity (Wildman–Crippen MR) is 224 cm³/mol. The Labute approximate surface area is 343 Å². The summed E-state index contributed by atoms with van der Waals surface area (Å²) in [5.41, 5.74) is 0.930. The Hall–Kier alpha value is -3.19. The van der Waals surface area contributed by atoms with E-state index in [1.54, 1.807) is 44.9 Å². The molecule has 1 aliphatic rings. The summed E-state index contributed by atoms with van der Waals surface area (Å²) in [5.74, 6) is -2.41. The van der Waals surface area contributed by atoms with E-state index in [4.69, 9.17) is 9.47 Å². The first-order valence-corrected chi connectivity index (χ1v) is 21.1. The zero-order valence-corrected chi connectivity index (χ0v) is 37.3. The number of carbonyl (C=O) groups is 5. The summed E-state index contributed by atoms with van der Waals surface area (Å²) in [6.45, 7) is 16.1. The fourth-order valence-electron chi connectivity index (χ4n) is 8.78. The Kier molecular flexibility index (Phi) is 21.1. The Balaban J connectivity index is 2.30. The van der Waals surface area contributed by atoms with Crippen LogP contribution in [0.5, 0.6) is 0 Å². The third kappa shape index (κ3) is 14.3. The van der Waals surface area contributed by atoms with Crippen LogP contribution in [-0.2, 0) is 39.9 Å². The van der Waals surface area contributed by atoms with Gasteiger partial charge in [0.05, 0.1) is 42.9 Å². The van der Waals surface area contributed by atoms with Gasteiger partial charge in [-0.05, 0) is 63.6 Å². The van der Waals surface area contributed by atoms with Crippen molar-refractivity contribution in [2.45, 2.75) is 137 Å². The van der Waals surface area contributed by atoms with E-state index in [1.165, 1.54) is 0 Å². The van der Waals surface area contributed by atoms with E-state index in [9.17, 15) is 29.1 Å². The maximum absolute atomic E-state index is 14.3. The standard InChI is InChI=1S/C45H76N4O8/c1-14-30(6)42(48(11)45(55)35(28(2)3)25-38(52)41(29(4)5)47(9)10)39(56-12)26-40(53)49-22-18-21-36(49)43(57-13)32(8)37(51)24-34(44(54)46-27-31(7)50)23-33-19-16-15-17-20-33/h15-17,19-20,28-32,34-36,39,41-43,50H,14,18,21-27H2,1-13H3,(H,46,54)/t30-,31+,32-,34+,35-,36-,39+,41-,42-,43+/m0/s1. The highest BCUT2D eigenvalue weighted by Crippen LogP contribution is 2.32. The van der Waals surface area contributed by atoms with Crippen molar-refractivity contribution >= 4 is 29.3 Å². The van der Waals surface area contributed by atoms with Gasteiger partial charge in [0.2, 0.25) is 17.7 Å². The lowest BCUT2D eigenvalue weighted by Crippen LogP contribution is -2.54. The monoisotopic (exact) mass is 801 g/mol. The van der Waals surface area contributed by atoms with Crippen LogP contribution in [0.15, 0.2) is 30.3 Å². The number of ether oxygens (including phenoxy) is 2. The molecule has 3 amide bonds. The largest absolute Gasteiger partial charge is 0.392 e. The smallest absolute Gasteiger partial charge is 0.226 e. The summed E-state index contributed by atoms with van der Waals surface area (Å²) in [4.78, 5) is 74.9. The number of aliphatic hydroxyl groups excluding tert-OH is 1. The molecule has 2 rings (SSSR count). The second-order valence-electron chi connectivity index (χ2n) is 17.4. The van der Waals surface area contributed by atoms with Crippen LogP contribution < -0.4 is 5.32 Å². The number of likely N-dealkylation sites (N-methyl/N-ethyl adjacent to an activating group) is 2. The van der Waals surface area contributed by atoms with Gasteiger partial charge in [0, 0.05) is 65.0 Å². The second kappa shape index (κ2) is 24.0. The molecule has 1 fully saturated rings. The van der Waals surface area contributed by atoms with Gasteiger partial charge in [-0.2, -0.15) is 0 Å². The predicted octanol–water partition coefficient (Wildman–Crippen LogP) is 5.04. The lowest BCUT2D eigenvalue weighted by atomic mass is 9.83. The maximum Gasteiger partial charge on any atom is 0.226 e. The number of benzene rings is 1. The van der Waals surface area contributed by atoms with Crippen molar-refractivity contribution < 1.29 is 38.6 Å². The summed E-state index contributed by atoms with van der Waals surface area (Å²) in [6, 6.07) is 8.45. The van der Waals surface area contributed by atoms with Gasteiger partial charge in [0.25, 0.3) is 0 Å². The molecule has 1 aromatic rings. The van der Waals surface area contributed by atoms with Crippen LogP contribution in [0.3, 0.4) is 0 Å². The lowest BCUT2D eigenvalue weighted by molar-refractivity contribution is -0.149. The zero-order chi connectivity index (χ0) is 43.1. The highest BCUT2D eigenvalue weighted by Gasteiger charge is 2.43. The van der Waals surface area contributed by atoms with Crippen LogP contribution >= 0.6 is 0 Å². The minimum absolute atomic E-state index is 0.00855. The quantitative estimate of drug-likeness (QED) is 0.139. The maximum atomic E-state index is 14.3. The number of nitrogens with zero attached hydrogens (tertiary/aromatic N) is 3. The number of rotatable bonds is 25. The molecule has 10 atom stereocenters. The van der Waals surface area contributed by atoms with E-state index in [1.807, 2.05) is 77.0 Å². The number of hydrogen-bond donors (Lipinski definition) is 2. The molecular weight excluding hydrogens is 725 g/mol. The molecule has 1 heterocycles. The molecule has 0 aliphatic carbocycles. The van der Waals surface area contributed by atoms with Gasteiger partial charge in [-0.3, -0.25) is 28.9 Å². The summed E-state index contributed by atoms with van der Waals surface area (Å²) in [5, 5.41) is 12.6.